The Kier molecular flexibility index (Phi) is 6.41. The zero-order chi connectivity index (χ0) is 12.1. The average Bonchev–Trinajstić information content (AvgIpc) is 2.14. The summed E-state index contributed by atoms with van der Waals surface area (Å²) in [6, 6.07) is 0.666. The molecule has 3 nitrogen and oxygen atoms in total. The first kappa shape index (κ1) is 14.9. The maximum Gasteiger partial charge on any atom is 0.0615 e. The predicted molar refractivity (Wildman–Crippen MR) is 66.0 cm³/mol. The molecule has 0 heterocycles. The van der Waals surface area contributed by atoms with E-state index in [1.165, 1.54) is 0 Å². The molecule has 0 saturated carbocycles. The fourth-order valence-corrected chi connectivity index (χ4v) is 1.59. The summed E-state index contributed by atoms with van der Waals surface area (Å²) in [4.78, 5) is 2.42. The number of nitrogens with zero attached hydrogens (tertiary/aromatic N) is 1. The van der Waals surface area contributed by atoms with Crippen LogP contribution in [0.4, 0.5) is 0 Å². The van der Waals surface area contributed by atoms with Gasteiger partial charge in [-0.15, -0.1) is 0 Å². The van der Waals surface area contributed by atoms with Gasteiger partial charge in [0, 0.05) is 25.7 Å². The van der Waals surface area contributed by atoms with Gasteiger partial charge in [-0.2, -0.15) is 0 Å². The fourth-order valence-electron chi connectivity index (χ4n) is 1.59. The first-order valence-electron chi connectivity index (χ1n) is 5.83. The van der Waals surface area contributed by atoms with Gasteiger partial charge in [-0.25, -0.2) is 0 Å². The first-order chi connectivity index (χ1) is 6.85. The Morgan fingerprint density at radius 2 is 1.87 bits per heavy atom. The van der Waals surface area contributed by atoms with E-state index in [9.17, 15) is 0 Å². The summed E-state index contributed by atoms with van der Waals surface area (Å²) < 4.78 is 5.19. The third-order valence-corrected chi connectivity index (χ3v) is 3.28. The quantitative estimate of drug-likeness (QED) is 0.704. The van der Waals surface area contributed by atoms with E-state index in [1.54, 1.807) is 7.11 Å². The molecule has 0 spiro atoms. The highest BCUT2D eigenvalue weighted by Gasteiger charge is 2.27. The molecule has 0 aromatic carbocycles. The van der Waals surface area contributed by atoms with Crippen LogP contribution in [0.1, 0.15) is 34.6 Å². The first-order valence-corrected chi connectivity index (χ1v) is 5.83. The third-order valence-electron chi connectivity index (χ3n) is 3.28. The number of rotatable bonds is 7. The van der Waals surface area contributed by atoms with Gasteiger partial charge in [-0.1, -0.05) is 20.8 Å². The molecule has 0 aliphatic rings. The van der Waals surface area contributed by atoms with Gasteiger partial charge in [0.25, 0.3) is 0 Å². The van der Waals surface area contributed by atoms with Gasteiger partial charge in [0.15, 0.2) is 0 Å². The Labute approximate surface area is 95.0 Å². The molecular formula is C12H28N2O. The summed E-state index contributed by atoms with van der Waals surface area (Å²) in [5.41, 5.74) is 6.14. The van der Waals surface area contributed by atoms with Crippen molar-refractivity contribution >= 4 is 0 Å². The normalized spacial score (nSPS) is 16.8. The van der Waals surface area contributed by atoms with Crippen LogP contribution in [0, 0.1) is 5.41 Å². The highest BCUT2D eigenvalue weighted by Crippen LogP contribution is 2.21. The fraction of sp³-hybridized carbons (Fsp3) is 1.00. The Hall–Kier alpha value is -0.120. The molecule has 2 N–H and O–H groups in total. The van der Waals surface area contributed by atoms with Gasteiger partial charge >= 0.3 is 0 Å². The van der Waals surface area contributed by atoms with Gasteiger partial charge in [-0.05, 0) is 25.8 Å². The molecule has 0 fully saturated rings. The Morgan fingerprint density at radius 1 is 1.33 bits per heavy atom. The molecule has 92 valence electrons. The summed E-state index contributed by atoms with van der Waals surface area (Å²) in [5.74, 6) is 0. The van der Waals surface area contributed by atoms with Gasteiger partial charge in [0.1, 0.15) is 0 Å². The second kappa shape index (κ2) is 6.46. The van der Waals surface area contributed by atoms with Crippen LogP contribution in [0.3, 0.4) is 0 Å². The minimum atomic E-state index is 0.151. The molecule has 0 rings (SSSR count). The molecule has 2 unspecified atom stereocenters. The SMILES string of the molecule is CCN(CC(C)(C)C(C)N)C(C)COC. The average molecular weight is 216 g/mol. The van der Waals surface area contributed by atoms with E-state index in [0.29, 0.717) is 6.04 Å². The molecule has 0 saturated heterocycles. The van der Waals surface area contributed by atoms with Crippen molar-refractivity contribution < 1.29 is 4.74 Å². The number of nitrogens with two attached hydrogens (primary N) is 1. The van der Waals surface area contributed by atoms with E-state index in [0.717, 1.165) is 19.7 Å². The van der Waals surface area contributed by atoms with E-state index in [2.05, 4.69) is 39.5 Å². The lowest BCUT2D eigenvalue weighted by Crippen LogP contribution is -2.48. The summed E-state index contributed by atoms with van der Waals surface area (Å²) >= 11 is 0. The Bertz CT molecular complexity index is 169. The van der Waals surface area contributed by atoms with Crippen molar-refractivity contribution in [3.05, 3.63) is 0 Å². The minimum Gasteiger partial charge on any atom is -0.383 e. The second-order valence-corrected chi connectivity index (χ2v) is 5.14. The van der Waals surface area contributed by atoms with Crippen molar-refractivity contribution in [2.24, 2.45) is 11.1 Å². The van der Waals surface area contributed by atoms with Crippen LogP contribution in [0.15, 0.2) is 0 Å². The van der Waals surface area contributed by atoms with Crippen LogP contribution in [0.2, 0.25) is 0 Å². The summed E-state index contributed by atoms with van der Waals surface area (Å²) in [6.45, 7) is 13.7. The van der Waals surface area contributed by atoms with Crippen LogP contribution < -0.4 is 5.73 Å². The minimum absolute atomic E-state index is 0.151. The standard InChI is InChI=1S/C12H28N2O/c1-7-14(10(2)8-15-6)9-12(4,5)11(3)13/h10-11H,7-9,13H2,1-6H3. The monoisotopic (exact) mass is 216 g/mol. The van der Waals surface area contributed by atoms with Gasteiger partial charge in [0.05, 0.1) is 6.61 Å². The van der Waals surface area contributed by atoms with Crippen LogP contribution in [0.25, 0.3) is 0 Å². The van der Waals surface area contributed by atoms with Crippen LogP contribution >= 0.6 is 0 Å². The van der Waals surface area contributed by atoms with Crippen LogP contribution in [-0.2, 0) is 4.74 Å². The molecule has 0 radical (unpaired) electrons. The third kappa shape index (κ3) is 4.96. The van der Waals surface area contributed by atoms with Crippen LogP contribution in [0.5, 0.6) is 0 Å². The highest BCUT2D eigenvalue weighted by atomic mass is 16.5. The Morgan fingerprint density at radius 3 is 2.20 bits per heavy atom. The van der Waals surface area contributed by atoms with Gasteiger partial charge in [-0.3, -0.25) is 4.90 Å². The molecule has 2 atom stereocenters. The molecule has 0 aliphatic carbocycles. The lowest BCUT2D eigenvalue weighted by Gasteiger charge is -2.37. The Balaban J connectivity index is 4.31. The zero-order valence-corrected chi connectivity index (χ0v) is 11.2. The van der Waals surface area contributed by atoms with E-state index < -0.39 is 0 Å². The van der Waals surface area contributed by atoms with Gasteiger partial charge in [0.2, 0.25) is 0 Å². The summed E-state index contributed by atoms with van der Waals surface area (Å²) in [7, 11) is 1.75. The second-order valence-electron chi connectivity index (χ2n) is 5.14. The van der Waals surface area contributed by atoms with E-state index >= 15 is 0 Å². The number of likely N-dealkylation sites (N-methyl/N-ethyl adjacent to an activating group) is 1. The van der Waals surface area contributed by atoms with Crippen LogP contribution in [-0.4, -0.2) is 43.8 Å². The largest absolute Gasteiger partial charge is 0.383 e. The topological polar surface area (TPSA) is 38.5 Å². The highest BCUT2D eigenvalue weighted by molar-refractivity contribution is 4.82. The lowest BCUT2D eigenvalue weighted by atomic mass is 9.85. The van der Waals surface area contributed by atoms with Crippen molar-refractivity contribution in [3.63, 3.8) is 0 Å². The predicted octanol–water partition coefficient (Wildman–Crippen LogP) is 1.72. The molecule has 0 bridgehead atoms. The molecule has 0 aromatic rings. The van der Waals surface area contributed by atoms with E-state index in [4.69, 9.17) is 10.5 Å². The molecule has 15 heavy (non-hydrogen) atoms. The van der Waals surface area contributed by atoms with Gasteiger partial charge < -0.3 is 10.5 Å². The summed E-state index contributed by atoms with van der Waals surface area (Å²) in [5, 5.41) is 0. The van der Waals surface area contributed by atoms with E-state index in [1.807, 2.05) is 0 Å². The number of hydrogen-bond acceptors (Lipinski definition) is 3. The molecule has 0 aliphatic heterocycles. The van der Waals surface area contributed by atoms with E-state index in [-0.39, 0.29) is 11.5 Å². The smallest absolute Gasteiger partial charge is 0.0615 e. The van der Waals surface area contributed by atoms with Crippen molar-refractivity contribution in [1.29, 1.82) is 0 Å². The van der Waals surface area contributed by atoms with Crippen molar-refractivity contribution in [1.82, 2.24) is 4.90 Å². The number of methoxy groups -OCH3 is 1. The molecule has 0 aromatic heterocycles. The zero-order valence-electron chi connectivity index (χ0n) is 11.2. The lowest BCUT2D eigenvalue weighted by molar-refractivity contribution is 0.0698. The van der Waals surface area contributed by atoms with Crippen molar-refractivity contribution in [2.45, 2.75) is 46.7 Å². The number of hydrogen-bond donors (Lipinski definition) is 1. The maximum absolute atomic E-state index is 5.99. The summed E-state index contributed by atoms with van der Waals surface area (Å²) in [6.07, 6.45) is 0. The van der Waals surface area contributed by atoms with Crippen molar-refractivity contribution in [2.75, 3.05) is 26.8 Å². The molecule has 3 heteroatoms. The van der Waals surface area contributed by atoms with Crippen molar-refractivity contribution in [3.8, 4) is 0 Å². The number of ether oxygens (including phenoxy) is 1. The maximum atomic E-state index is 5.99. The molecular weight excluding hydrogens is 188 g/mol. The molecule has 0 amide bonds.